The maximum atomic E-state index is 14.1. The van der Waals surface area contributed by atoms with E-state index in [0.29, 0.717) is 16.9 Å². The molecule has 0 radical (unpaired) electrons. The third-order valence-electron chi connectivity index (χ3n) is 6.28. The number of carbonyl (C=O) groups is 1. The summed E-state index contributed by atoms with van der Waals surface area (Å²) in [7, 11) is 0. The van der Waals surface area contributed by atoms with Crippen molar-refractivity contribution in [3.8, 4) is 0 Å². The van der Waals surface area contributed by atoms with Crippen LogP contribution in [0.25, 0.3) is 0 Å². The van der Waals surface area contributed by atoms with E-state index in [0.717, 1.165) is 36.2 Å². The quantitative estimate of drug-likeness (QED) is 0.769. The van der Waals surface area contributed by atoms with Crippen LogP contribution in [0.3, 0.4) is 0 Å². The van der Waals surface area contributed by atoms with E-state index in [4.69, 9.17) is 0 Å². The second-order valence-electron chi connectivity index (χ2n) is 8.06. The predicted molar refractivity (Wildman–Crippen MR) is 104 cm³/mol. The third-order valence-corrected chi connectivity index (χ3v) is 7.46. The van der Waals surface area contributed by atoms with Crippen LogP contribution in [0.1, 0.15) is 66.1 Å². The number of nitrogens with one attached hydrogen (secondary N) is 2. The number of carbonyl (C=O) groups excluding carboxylic acids is 1. The van der Waals surface area contributed by atoms with Crippen LogP contribution >= 0.6 is 11.3 Å². The minimum Gasteiger partial charge on any atom is -0.353 e. The first-order valence-electron chi connectivity index (χ1n) is 9.37. The molecule has 0 bridgehead atoms. The number of fused-ring (bicyclic) bond motifs is 3. The summed E-state index contributed by atoms with van der Waals surface area (Å²) in [5, 5.41) is 7.18. The fourth-order valence-corrected chi connectivity index (χ4v) is 5.47. The molecular formula is C21H25FN2OS. The van der Waals surface area contributed by atoms with E-state index < -0.39 is 6.17 Å². The van der Waals surface area contributed by atoms with Gasteiger partial charge in [-0.2, -0.15) is 0 Å². The van der Waals surface area contributed by atoms with Crippen molar-refractivity contribution in [1.82, 2.24) is 5.32 Å². The fourth-order valence-electron chi connectivity index (χ4n) is 4.12. The highest BCUT2D eigenvalue weighted by atomic mass is 32.1. The Kier molecular flexibility index (Phi) is 4.30. The van der Waals surface area contributed by atoms with Gasteiger partial charge in [-0.3, -0.25) is 4.79 Å². The number of hydrogen-bond donors (Lipinski definition) is 2. The van der Waals surface area contributed by atoms with Crippen LogP contribution < -0.4 is 10.6 Å². The molecule has 2 atom stereocenters. The van der Waals surface area contributed by atoms with Crippen LogP contribution in [0, 0.1) is 17.2 Å². The fraction of sp³-hybridized carbons (Fsp3) is 0.476. The van der Waals surface area contributed by atoms with Gasteiger partial charge < -0.3 is 10.6 Å². The SMILES string of the molecule is CCC(C)(C)[C@@H]1CCc2c(sc3c2C(=O)N[C@@H](c2ccccc2F)N3)C1. The van der Waals surface area contributed by atoms with Crippen molar-refractivity contribution in [2.75, 3.05) is 5.32 Å². The summed E-state index contributed by atoms with van der Waals surface area (Å²) in [6.07, 6.45) is 3.76. The summed E-state index contributed by atoms with van der Waals surface area (Å²) in [5.41, 5.74) is 2.77. The average Bonchev–Trinajstić information content (AvgIpc) is 3.00. The van der Waals surface area contributed by atoms with Crippen molar-refractivity contribution in [2.24, 2.45) is 11.3 Å². The first kappa shape index (κ1) is 17.5. The molecule has 0 spiro atoms. The molecule has 0 fully saturated rings. The lowest BCUT2D eigenvalue weighted by atomic mass is 9.69. The van der Waals surface area contributed by atoms with Gasteiger partial charge in [-0.15, -0.1) is 11.3 Å². The zero-order valence-electron chi connectivity index (χ0n) is 15.5. The van der Waals surface area contributed by atoms with Gasteiger partial charge in [0.1, 0.15) is 17.0 Å². The van der Waals surface area contributed by atoms with Gasteiger partial charge in [0, 0.05) is 10.4 Å². The van der Waals surface area contributed by atoms with Crippen LogP contribution in [0.4, 0.5) is 9.39 Å². The van der Waals surface area contributed by atoms with E-state index in [2.05, 4.69) is 31.4 Å². The molecule has 0 saturated heterocycles. The van der Waals surface area contributed by atoms with Crippen LogP contribution in [-0.4, -0.2) is 5.91 Å². The molecule has 1 aromatic heterocycles. The van der Waals surface area contributed by atoms with Crippen molar-refractivity contribution >= 4 is 22.2 Å². The Labute approximate surface area is 158 Å². The van der Waals surface area contributed by atoms with Crippen molar-refractivity contribution in [3.05, 3.63) is 51.7 Å². The van der Waals surface area contributed by atoms with E-state index in [1.54, 1.807) is 29.5 Å². The number of hydrogen-bond acceptors (Lipinski definition) is 3. The Morgan fingerprint density at radius 2 is 2.04 bits per heavy atom. The molecule has 2 N–H and O–H groups in total. The van der Waals surface area contributed by atoms with Crippen molar-refractivity contribution in [1.29, 1.82) is 0 Å². The first-order valence-corrected chi connectivity index (χ1v) is 10.2. The summed E-state index contributed by atoms with van der Waals surface area (Å²) in [5.74, 6) is 0.253. The monoisotopic (exact) mass is 372 g/mol. The van der Waals surface area contributed by atoms with Crippen molar-refractivity contribution in [2.45, 2.75) is 52.6 Å². The summed E-state index contributed by atoms with van der Waals surface area (Å²) in [6.45, 7) is 6.94. The Bertz CT molecular complexity index is 858. The van der Waals surface area contributed by atoms with Crippen molar-refractivity contribution < 1.29 is 9.18 Å². The van der Waals surface area contributed by atoms with Gasteiger partial charge in [0.15, 0.2) is 0 Å². The molecule has 2 aliphatic rings. The minimum atomic E-state index is -0.515. The minimum absolute atomic E-state index is 0.0855. The maximum Gasteiger partial charge on any atom is 0.256 e. The number of anilines is 1. The van der Waals surface area contributed by atoms with Crippen LogP contribution in [0.15, 0.2) is 24.3 Å². The van der Waals surface area contributed by atoms with E-state index in [1.165, 1.54) is 16.5 Å². The van der Waals surface area contributed by atoms with Gasteiger partial charge >= 0.3 is 0 Å². The molecule has 1 amide bonds. The number of rotatable bonds is 3. The molecule has 4 rings (SSSR count). The van der Waals surface area contributed by atoms with Crippen LogP contribution in [0.5, 0.6) is 0 Å². The molecule has 1 aromatic carbocycles. The van der Waals surface area contributed by atoms with Gasteiger partial charge in [-0.25, -0.2) is 4.39 Å². The molecule has 138 valence electrons. The summed E-state index contributed by atoms with van der Waals surface area (Å²) >= 11 is 1.68. The van der Waals surface area contributed by atoms with Crippen LogP contribution in [0.2, 0.25) is 0 Å². The Morgan fingerprint density at radius 1 is 1.27 bits per heavy atom. The molecule has 5 heteroatoms. The summed E-state index contributed by atoms with van der Waals surface area (Å²) < 4.78 is 14.1. The normalized spacial score (nSPS) is 22.2. The topological polar surface area (TPSA) is 41.1 Å². The molecule has 2 aromatic rings. The lowest BCUT2D eigenvalue weighted by molar-refractivity contribution is 0.0934. The lowest BCUT2D eigenvalue weighted by Crippen LogP contribution is -2.39. The van der Waals surface area contributed by atoms with Gasteiger partial charge in [0.05, 0.1) is 5.56 Å². The number of thiophene rings is 1. The van der Waals surface area contributed by atoms with Crippen molar-refractivity contribution in [3.63, 3.8) is 0 Å². The second kappa shape index (κ2) is 6.38. The number of benzene rings is 1. The Hall–Kier alpha value is -1.88. The lowest BCUT2D eigenvalue weighted by Gasteiger charge is -2.36. The molecule has 0 unspecified atom stereocenters. The molecule has 0 saturated carbocycles. The largest absolute Gasteiger partial charge is 0.353 e. The maximum absolute atomic E-state index is 14.1. The van der Waals surface area contributed by atoms with Gasteiger partial charge in [-0.1, -0.05) is 45.4 Å². The second-order valence-corrected chi connectivity index (χ2v) is 9.17. The highest BCUT2D eigenvalue weighted by Gasteiger charge is 2.37. The third kappa shape index (κ3) is 2.82. The average molecular weight is 373 g/mol. The predicted octanol–water partition coefficient (Wildman–Crippen LogP) is 5.28. The van der Waals surface area contributed by atoms with Gasteiger partial charge in [0.25, 0.3) is 5.91 Å². The zero-order chi connectivity index (χ0) is 18.5. The van der Waals surface area contributed by atoms with Crippen LogP contribution in [-0.2, 0) is 12.8 Å². The molecule has 26 heavy (non-hydrogen) atoms. The Morgan fingerprint density at radius 3 is 2.77 bits per heavy atom. The molecule has 3 nitrogen and oxygen atoms in total. The molecular weight excluding hydrogens is 347 g/mol. The zero-order valence-corrected chi connectivity index (χ0v) is 16.3. The Balaban J connectivity index is 1.65. The summed E-state index contributed by atoms with van der Waals surface area (Å²) in [6, 6.07) is 6.59. The van der Waals surface area contributed by atoms with E-state index >= 15 is 0 Å². The van der Waals surface area contributed by atoms with E-state index in [9.17, 15) is 9.18 Å². The van der Waals surface area contributed by atoms with Gasteiger partial charge in [0.2, 0.25) is 0 Å². The molecule has 2 heterocycles. The van der Waals surface area contributed by atoms with Gasteiger partial charge in [-0.05, 0) is 42.2 Å². The smallest absolute Gasteiger partial charge is 0.256 e. The summed E-state index contributed by atoms with van der Waals surface area (Å²) in [4.78, 5) is 14.1. The highest BCUT2D eigenvalue weighted by Crippen LogP contribution is 2.47. The van der Waals surface area contributed by atoms with E-state index in [1.807, 2.05) is 0 Å². The molecule has 1 aliphatic carbocycles. The molecule has 1 aliphatic heterocycles. The first-order chi connectivity index (χ1) is 12.4. The number of halogens is 1. The van der Waals surface area contributed by atoms with E-state index in [-0.39, 0.29) is 11.7 Å². The highest BCUT2D eigenvalue weighted by molar-refractivity contribution is 7.16. The standard InChI is InChI=1S/C21H25FN2OS/c1-4-21(2,3)12-9-10-14-16(11-12)26-20-17(14)19(25)23-18(24-20)13-7-5-6-8-15(13)22/h5-8,12,18,24H,4,9-11H2,1-3H3,(H,23,25)/t12-,18-/m1/s1. The number of amides is 1.